The van der Waals surface area contributed by atoms with Crippen molar-refractivity contribution in [1.82, 2.24) is 15.5 Å². The Morgan fingerprint density at radius 2 is 2.13 bits per heavy atom. The molecule has 1 aromatic heterocycles. The smallest absolute Gasteiger partial charge is 0.213 e. The van der Waals surface area contributed by atoms with Gasteiger partial charge in [0, 0.05) is 12.2 Å². The fourth-order valence-corrected chi connectivity index (χ4v) is 1.27. The fourth-order valence-electron chi connectivity index (χ4n) is 1.27. The fraction of sp³-hybridized carbons (Fsp3) is 0.200. The third-order valence-corrected chi connectivity index (χ3v) is 2.06. The van der Waals surface area contributed by atoms with Crippen LogP contribution in [-0.4, -0.2) is 10.1 Å². The minimum absolute atomic E-state index is 0.574. The summed E-state index contributed by atoms with van der Waals surface area (Å²) in [5.74, 6) is 0.643. The molecule has 0 saturated carbocycles. The first-order valence-corrected chi connectivity index (χ1v) is 4.65. The molecule has 5 nitrogen and oxygen atoms in total. The highest BCUT2D eigenvalue weighted by Crippen LogP contribution is 2.09. The van der Waals surface area contributed by atoms with Crippen LogP contribution in [0.25, 0.3) is 0 Å². The van der Waals surface area contributed by atoms with E-state index < -0.39 is 0 Å². The van der Waals surface area contributed by atoms with Gasteiger partial charge in [-0.2, -0.15) is 4.98 Å². The van der Waals surface area contributed by atoms with E-state index in [1.165, 1.54) is 6.39 Å². The van der Waals surface area contributed by atoms with Gasteiger partial charge in [0.25, 0.3) is 0 Å². The summed E-state index contributed by atoms with van der Waals surface area (Å²) in [4.78, 5) is 3.90. The molecule has 0 fully saturated rings. The van der Waals surface area contributed by atoms with Gasteiger partial charge in [0.2, 0.25) is 6.39 Å². The molecule has 1 heterocycles. The van der Waals surface area contributed by atoms with Crippen molar-refractivity contribution in [3.05, 3.63) is 42.0 Å². The lowest BCUT2D eigenvalue weighted by molar-refractivity contribution is 0.407. The average molecular weight is 204 g/mol. The van der Waals surface area contributed by atoms with Gasteiger partial charge in [-0.3, -0.25) is 0 Å². The number of para-hydroxylation sites is 1. The van der Waals surface area contributed by atoms with Gasteiger partial charge >= 0.3 is 0 Å². The minimum Gasteiger partial charge on any atom is -0.398 e. The Hall–Kier alpha value is -1.88. The predicted octanol–water partition coefficient (Wildman–Crippen LogP) is 0.942. The van der Waals surface area contributed by atoms with E-state index in [0.29, 0.717) is 18.9 Å². The summed E-state index contributed by atoms with van der Waals surface area (Å²) in [6, 6.07) is 7.74. The van der Waals surface area contributed by atoms with E-state index in [1.807, 2.05) is 24.3 Å². The topological polar surface area (TPSA) is 77.0 Å². The Balaban J connectivity index is 1.86. The molecule has 0 aliphatic heterocycles. The van der Waals surface area contributed by atoms with E-state index in [0.717, 1.165) is 11.3 Å². The Morgan fingerprint density at radius 1 is 1.27 bits per heavy atom. The van der Waals surface area contributed by atoms with Gasteiger partial charge in [-0.15, -0.1) is 0 Å². The highest BCUT2D eigenvalue weighted by molar-refractivity contribution is 5.46. The average Bonchev–Trinajstić information content (AvgIpc) is 2.74. The maximum absolute atomic E-state index is 5.79. The first-order chi connectivity index (χ1) is 7.36. The number of rotatable bonds is 4. The van der Waals surface area contributed by atoms with Crippen LogP contribution in [0.4, 0.5) is 5.69 Å². The van der Waals surface area contributed by atoms with Gasteiger partial charge in [0.1, 0.15) is 0 Å². The SMILES string of the molecule is Nc1ccccc1CNCc1ncon1. The van der Waals surface area contributed by atoms with Crippen LogP contribution in [0.3, 0.4) is 0 Å². The molecule has 3 N–H and O–H groups in total. The lowest BCUT2D eigenvalue weighted by Crippen LogP contribution is -2.14. The zero-order valence-corrected chi connectivity index (χ0v) is 8.18. The molecule has 2 aromatic rings. The molecular weight excluding hydrogens is 192 g/mol. The molecule has 5 heteroatoms. The zero-order valence-electron chi connectivity index (χ0n) is 8.18. The molecule has 0 atom stereocenters. The third kappa shape index (κ3) is 2.54. The van der Waals surface area contributed by atoms with E-state index in [2.05, 4.69) is 20.0 Å². The van der Waals surface area contributed by atoms with Crippen LogP contribution in [0.5, 0.6) is 0 Å². The van der Waals surface area contributed by atoms with Crippen molar-refractivity contribution in [2.24, 2.45) is 0 Å². The molecule has 0 spiro atoms. The van der Waals surface area contributed by atoms with Gasteiger partial charge in [-0.25, -0.2) is 0 Å². The molecule has 78 valence electrons. The van der Waals surface area contributed by atoms with Crippen molar-refractivity contribution >= 4 is 5.69 Å². The first-order valence-electron chi connectivity index (χ1n) is 4.65. The van der Waals surface area contributed by atoms with Gasteiger partial charge in [0.15, 0.2) is 5.82 Å². The monoisotopic (exact) mass is 204 g/mol. The molecule has 0 aliphatic rings. The van der Waals surface area contributed by atoms with Crippen molar-refractivity contribution in [2.45, 2.75) is 13.1 Å². The number of hydrogen-bond acceptors (Lipinski definition) is 5. The van der Waals surface area contributed by atoms with Crippen molar-refractivity contribution in [3.8, 4) is 0 Å². The summed E-state index contributed by atoms with van der Waals surface area (Å²) in [5.41, 5.74) is 7.65. The van der Waals surface area contributed by atoms with Crippen molar-refractivity contribution in [2.75, 3.05) is 5.73 Å². The summed E-state index contributed by atoms with van der Waals surface area (Å²) in [6.45, 7) is 1.27. The Labute approximate surface area is 87.3 Å². The standard InChI is InChI=1S/C10H12N4O/c11-9-4-2-1-3-8(9)5-12-6-10-13-7-15-14-10/h1-4,7,12H,5-6,11H2. The molecular formula is C10H12N4O. The molecule has 1 aromatic carbocycles. The number of nitrogens with zero attached hydrogens (tertiary/aromatic N) is 2. The molecule has 15 heavy (non-hydrogen) atoms. The molecule has 0 amide bonds. The molecule has 0 saturated heterocycles. The van der Waals surface area contributed by atoms with Crippen LogP contribution in [0, 0.1) is 0 Å². The molecule has 0 aliphatic carbocycles. The Bertz CT molecular complexity index is 413. The molecule has 0 bridgehead atoms. The highest BCUT2D eigenvalue weighted by Gasteiger charge is 1.99. The predicted molar refractivity (Wildman–Crippen MR) is 55.7 cm³/mol. The van der Waals surface area contributed by atoms with Crippen molar-refractivity contribution in [3.63, 3.8) is 0 Å². The second kappa shape index (κ2) is 4.56. The number of hydrogen-bond donors (Lipinski definition) is 2. The quantitative estimate of drug-likeness (QED) is 0.725. The van der Waals surface area contributed by atoms with Crippen LogP contribution in [0.15, 0.2) is 35.2 Å². The summed E-state index contributed by atoms with van der Waals surface area (Å²) in [6.07, 6.45) is 1.31. The second-order valence-electron chi connectivity index (χ2n) is 3.15. The summed E-state index contributed by atoms with van der Waals surface area (Å²) in [5, 5.41) is 6.87. The van der Waals surface area contributed by atoms with E-state index in [9.17, 15) is 0 Å². The largest absolute Gasteiger partial charge is 0.398 e. The molecule has 2 rings (SSSR count). The van der Waals surface area contributed by atoms with E-state index >= 15 is 0 Å². The Morgan fingerprint density at radius 3 is 2.87 bits per heavy atom. The normalized spacial score (nSPS) is 10.4. The van der Waals surface area contributed by atoms with E-state index in [4.69, 9.17) is 5.73 Å². The number of anilines is 1. The van der Waals surface area contributed by atoms with Gasteiger partial charge < -0.3 is 15.6 Å². The van der Waals surface area contributed by atoms with Crippen LogP contribution in [0.2, 0.25) is 0 Å². The van der Waals surface area contributed by atoms with Gasteiger partial charge in [-0.1, -0.05) is 23.4 Å². The summed E-state index contributed by atoms with van der Waals surface area (Å²) < 4.78 is 4.62. The van der Waals surface area contributed by atoms with Crippen molar-refractivity contribution < 1.29 is 4.52 Å². The lowest BCUT2D eigenvalue weighted by atomic mass is 10.2. The van der Waals surface area contributed by atoms with Crippen LogP contribution in [0.1, 0.15) is 11.4 Å². The number of aromatic nitrogens is 2. The summed E-state index contributed by atoms with van der Waals surface area (Å²) in [7, 11) is 0. The third-order valence-electron chi connectivity index (χ3n) is 2.06. The highest BCUT2D eigenvalue weighted by atomic mass is 16.5. The van der Waals surface area contributed by atoms with Gasteiger partial charge in [-0.05, 0) is 11.6 Å². The van der Waals surface area contributed by atoms with Crippen LogP contribution in [-0.2, 0) is 13.1 Å². The number of nitrogen functional groups attached to an aromatic ring is 1. The van der Waals surface area contributed by atoms with Crippen LogP contribution >= 0.6 is 0 Å². The number of nitrogens with two attached hydrogens (primary N) is 1. The molecule has 0 radical (unpaired) electrons. The number of benzene rings is 1. The Kier molecular flexibility index (Phi) is 2.94. The van der Waals surface area contributed by atoms with E-state index in [1.54, 1.807) is 0 Å². The molecule has 0 unspecified atom stereocenters. The maximum atomic E-state index is 5.79. The minimum atomic E-state index is 0.574. The lowest BCUT2D eigenvalue weighted by Gasteiger charge is -2.05. The summed E-state index contributed by atoms with van der Waals surface area (Å²) >= 11 is 0. The van der Waals surface area contributed by atoms with Gasteiger partial charge in [0.05, 0.1) is 6.54 Å². The zero-order chi connectivity index (χ0) is 10.5. The van der Waals surface area contributed by atoms with Crippen LogP contribution < -0.4 is 11.1 Å². The second-order valence-corrected chi connectivity index (χ2v) is 3.15. The number of nitrogens with one attached hydrogen (secondary N) is 1. The first kappa shape index (κ1) is 9.67. The maximum Gasteiger partial charge on any atom is 0.213 e. The van der Waals surface area contributed by atoms with Crippen molar-refractivity contribution in [1.29, 1.82) is 0 Å². The van der Waals surface area contributed by atoms with E-state index in [-0.39, 0.29) is 0 Å².